The molecule has 0 aromatic rings. The first-order valence-electron chi connectivity index (χ1n) is 7.09. The minimum atomic E-state index is 0.0468. The van der Waals surface area contributed by atoms with Crippen molar-refractivity contribution in [1.82, 2.24) is 4.90 Å². The summed E-state index contributed by atoms with van der Waals surface area (Å²) >= 11 is 2.19. The number of hydrogen-bond donors (Lipinski definition) is 0. The Morgan fingerprint density at radius 2 is 2.32 bits per heavy atom. The molecule has 0 N–H and O–H groups in total. The van der Waals surface area contributed by atoms with Crippen LogP contribution in [-0.2, 0) is 4.79 Å². The summed E-state index contributed by atoms with van der Waals surface area (Å²) in [6, 6.07) is 0. The zero-order valence-corrected chi connectivity index (χ0v) is 14.5. The van der Waals surface area contributed by atoms with Crippen molar-refractivity contribution in [2.24, 2.45) is 11.3 Å². The zero-order chi connectivity index (χ0) is 14.5. The molecule has 0 aliphatic heterocycles. The lowest BCUT2D eigenvalue weighted by Gasteiger charge is -2.24. The number of hydrogen-bond acceptors (Lipinski definition) is 1. The third-order valence-electron chi connectivity index (χ3n) is 4.10. The lowest BCUT2D eigenvalue weighted by atomic mass is 9.99. The van der Waals surface area contributed by atoms with Crippen molar-refractivity contribution in [1.29, 1.82) is 0 Å². The minimum absolute atomic E-state index is 0.0468. The summed E-state index contributed by atoms with van der Waals surface area (Å²) in [6.07, 6.45) is 9.82. The molecule has 19 heavy (non-hydrogen) atoms. The lowest BCUT2D eigenvalue weighted by molar-refractivity contribution is -0.129. The molecular formula is C16H26INO. The van der Waals surface area contributed by atoms with Gasteiger partial charge in [-0.15, -0.1) is 6.58 Å². The van der Waals surface area contributed by atoms with Crippen LogP contribution in [0.2, 0.25) is 0 Å². The maximum atomic E-state index is 12.1. The number of amides is 1. The normalized spacial score (nSPS) is 27.3. The fourth-order valence-corrected chi connectivity index (χ4v) is 3.00. The van der Waals surface area contributed by atoms with E-state index in [-0.39, 0.29) is 9.83 Å². The first-order chi connectivity index (χ1) is 8.94. The van der Waals surface area contributed by atoms with Gasteiger partial charge in [-0.2, -0.15) is 0 Å². The monoisotopic (exact) mass is 375 g/mol. The molecule has 1 fully saturated rings. The third-order valence-corrected chi connectivity index (χ3v) is 4.63. The molecule has 0 bridgehead atoms. The number of halogens is 1. The summed E-state index contributed by atoms with van der Waals surface area (Å²) in [7, 11) is 0. The van der Waals surface area contributed by atoms with Gasteiger partial charge in [0.15, 0.2) is 0 Å². The molecule has 0 saturated heterocycles. The van der Waals surface area contributed by atoms with E-state index in [1.165, 1.54) is 12.8 Å². The van der Waals surface area contributed by atoms with Crippen LogP contribution in [0.1, 0.15) is 40.0 Å². The summed E-state index contributed by atoms with van der Waals surface area (Å²) in [6.45, 7) is 11.7. The van der Waals surface area contributed by atoms with Crippen molar-refractivity contribution in [2.75, 3.05) is 13.1 Å². The van der Waals surface area contributed by atoms with Crippen LogP contribution in [0.4, 0.5) is 0 Å². The standard InChI is InChI=1S/C16H26INO/c1-5-7-8-9-16(4)11-14(16)12-18(10-6-2)15(19)13(3)17/h5-7,13-14H,2,8-12H2,1,3-4H3/b7-5+/t13?,14-,16?/m1/s1. The van der Waals surface area contributed by atoms with Gasteiger partial charge in [0.25, 0.3) is 0 Å². The number of carbonyl (C=O) groups is 1. The van der Waals surface area contributed by atoms with Crippen LogP contribution < -0.4 is 0 Å². The Balaban J connectivity index is 2.49. The summed E-state index contributed by atoms with van der Waals surface area (Å²) in [4.78, 5) is 14.1. The number of rotatable bonds is 8. The first kappa shape index (κ1) is 16.7. The Morgan fingerprint density at radius 1 is 1.63 bits per heavy atom. The van der Waals surface area contributed by atoms with E-state index >= 15 is 0 Å². The van der Waals surface area contributed by atoms with Crippen molar-refractivity contribution in [2.45, 2.75) is 44.0 Å². The van der Waals surface area contributed by atoms with Gasteiger partial charge >= 0.3 is 0 Å². The van der Waals surface area contributed by atoms with E-state index in [1.54, 1.807) is 0 Å². The van der Waals surface area contributed by atoms with Gasteiger partial charge in [0.2, 0.25) is 5.91 Å². The summed E-state index contributed by atoms with van der Waals surface area (Å²) < 4.78 is 0.0468. The van der Waals surface area contributed by atoms with Crippen LogP contribution in [0, 0.1) is 11.3 Å². The van der Waals surface area contributed by atoms with Gasteiger partial charge in [0.05, 0.1) is 3.92 Å². The van der Waals surface area contributed by atoms with E-state index in [0.717, 1.165) is 13.0 Å². The zero-order valence-electron chi connectivity index (χ0n) is 12.4. The molecule has 1 aliphatic carbocycles. The summed E-state index contributed by atoms with van der Waals surface area (Å²) in [5.41, 5.74) is 0.438. The first-order valence-corrected chi connectivity index (χ1v) is 8.34. The van der Waals surface area contributed by atoms with Gasteiger partial charge < -0.3 is 4.90 Å². The van der Waals surface area contributed by atoms with Crippen molar-refractivity contribution < 1.29 is 4.79 Å². The van der Waals surface area contributed by atoms with E-state index in [0.29, 0.717) is 17.9 Å². The van der Waals surface area contributed by atoms with Crippen LogP contribution in [0.25, 0.3) is 0 Å². The van der Waals surface area contributed by atoms with Gasteiger partial charge in [-0.1, -0.05) is 47.7 Å². The molecule has 0 radical (unpaired) electrons. The highest BCUT2D eigenvalue weighted by Crippen LogP contribution is 2.55. The smallest absolute Gasteiger partial charge is 0.235 e. The second kappa shape index (κ2) is 7.46. The molecule has 108 valence electrons. The highest BCUT2D eigenvalue weighted by molar-refractivity contribution is 14.1. The molecule has 1 rings (SSSR count). The van der Waals surface area contributed by atoms with Gasteiger partial charge in [0, 0.05) is 13.1 Å². The molecule has 0 aromatic heterocycles. The molecule has 3 atom stereocenters. The largest absolute Gasteiger partial charge is 0.338 e. The predicted molar refractivity (Wildman–Crippen MR) is 90.5 cm³/mol. The average Bonchev–Trinajstić information content (AvgIpc) is 2.98. The second-order valence-electron chi connectivity index (χ2n) is 5.81. The molecule has 3 heteroatoms. The molecule has 1 amide bonds. The maximum Gasteiger partial charge on any atom is 0.235 e. The van der Waals surface area contributed by atoms with Crippen LogP contribution in [0.15, 0.2) is 24.8 Å². The van der Waals surface area contributed by atoms with Gasteiger partial charge in [-0.25, -0.2) is 0 Å². The second-order valence-corrected chi connectivity index (χ2v) is 7.68. The molecule has 2 unspecified atom stereocenters. The van der Waals surface area contributed by atoms with E-state index in [9.17, 15) is 4.79 Å². The fourth-order valence-electron chi connectivity index (χ4n) is 2.60. The Morgan fingerprint density at radius 3 is 2.84 bits per heavy atom. The number of allylic oxidation sites excluding steroid dienone is 2. The van der Waals surface area contributed by atoms with Gasteiger partial charge in [-0.3, -0.25) is 4.79 Å². The van der Waals surface area contributed by atoms with Crippen molar-refractivity contribution >= 4 is 28.5 Å². The van der Waals surface area contributed by atoms with Gasteiger partial charge in [-0.05, 0) is 44.4 Å². The predicted octanol–water partition coefficient (Wildman–Crippen LogP) is 4.21. The van der Waals surface area contributed by atoms with E-state index in [4.69, 9.17) is 0 Å². The molecule has 1 saturated carbocycles. The van der Waals surface area contributed by atoms with E-state index in [2.05, 4.69) is 55.2 Å². The summed E-state index contributed by atoms with van der Waals surface area (Å²) in [5, 5.41) is 0. The summed E-state index contributed by atoms with van der Waals surface area (Å²) in [5.74, 6) is 0.903. The SMILES string of the molecule is C=CCN(C[C@H]1CC1(C)CC/C=C/C)C(=O)C(C)I. The highest BCUT2D eigenvalue weighted by atomic mass is 127. The Bertz CT molecular complexity index is 351. The molecular weight excluding hydrogens is 349 g/mol. The van der Waals surface area contributed by atoms with Crippen LogP contribution in [0.5, 0.6) is 0 Å². The third kappa shape index (κ3) is 4.93. The average molecular weight is 375 g/mol. The van der Waals surface area contributed by atoms with Crippen LogP contribution in [0.3, 0.4) is 0 Å². The molecule has 0 spiro atoms. The van der Waals surface area contributed by atoms with Crippen molar-refractivity contribution in [3.8, 4) is 0 Å². The van der Waals surface area contributed by atoms with E-state index < -0.39 is 0 Å². The quantitative estimate of drug-likeness (QED) is 0.354. The fraction of sp³-hybridized carbons (Fsp3) is 0.688. The number of nitrogens with zero attached hydrogens (tertiary/aromatic N) is 1. The Hall–Kier alpha value is -0.320. The lowest BCUT2D eigenvalue weighted by Crippen LogP contribution is -2.37. The van der Waals surface area contributed by atoms with Crippen LogP contribution in [-0.4, -0.2) is 27.8 Å². The van der Waals surface area contributed by atoms with Crippen molar-refractivity contribution in [3.63, 3.8) is 0 Å². The Labute approximate surface area is 131 Å². The molecule has 1 aliphatic rings. The van der Waals surface area contributed by atoms with Gasteiger partial charge in [0.1, 0.15) is 0 Å². The topological polar surface area (TPSA) is 20.3 Å². The highest BCUT2D eigenvalue weighted by Gasteiger charge is 2.49. The molecule has 0 heterocycles. The van der Waals surface area contributed by atoms with Crippen LogP contribution >= 0.6 is 22.6 Å². The van der Waals surface area contributed by atoms with E-state index in [1.807, 2.05) is 17.9 Å². The molecule has 0 aromatic carbocycles. The minimum Gasteiger partial charge on any atom is -0.338 e. The van der Waals surface area contributed by atoms with Crippen molar-refractivity contribution in [3.05, 3.63) is 24.8 Å². The molecule has 2 nitrogen and oxygen atoms in total. The number of carbonyl (C=O) groups excluding carboxylic acids is 1. The maximum absolute atomic E-state index is 12.1. The Kier molecular flexibility index (Phi) is 6.57. The number of alkyl halides is 1.